The molecule has 5 nitrogen and oxygen atoms in total. The zero-order valence-corrected chi connectivity index (χ0v) is 16.5. The van der Waals surface area contributed by atoms with Crippen LogP contribution in [0.5, 0.6) is 11.5 Å². The first-order valence-corrected chi connectivity index (χ1v) is 9.59. The standard InChI is InChI=1S/C22H28N2O3/c1-5-13-27-19-12-11-16(14-20(19)26-4)21-23-18-10-8-7-9-17(18)22(25)24(21)15(3)6-2/h7-12,14-15,21,23H,5-6,13H2,1-4H3/t15-,21+/m1/s1. The molecule has 27 heavy (non-hydrogen) atoms. The molecular weight excluding hydrogens is 340 g/mol. The SMILES string of the molecule is CCCOc1ccc([C@H]2Nc3ccccc3C(=O)N2[C@H](C)CC)cc1OC. The van der Waals surface area contributed by atoms with Crippen molar-refractivity contribution in [3.63, 3.8) is 0 Å². The Kier molecular flexibility index (Phi) is 5.89. The van der Waals surface area contributed by atoms with Gasteiger partial charge in [0.1, 0.15) is 6.17 Å². The lowest BCUT2D eigenvalue weighted by Crippen LogP contribution is -2.47. The summed E-state index contributed by atoms with van der Waals surface area (Å²) in [4.78, 5) is 15.1. The smallest absolute Gasteiger partial charge is 0.258 e. The maximum absolute atomic E-state index is 13.2. The van der Waals surface area contributed by atoms with Gasteiger partial charge in [0.15, 0.2) is 11.5 Å². The molecule has 1 aliphatic rings. The fourth-order valence-corrected chi connectivity index (χ4v) is 3.35. The van der Waals surface area contributed by atoms with Crippen LogP contribution in [-0.2, 0) is 0 Å². The Labute approximate surface area is 161 Å². The van der Waals surface area contributed by atoms with Crippen LogP contribution in [0.15, 0.2) is 42.5 Å². The number of rotatable bonds is 7. The number of benzene rings is 2. The molecule has 1 N–H and O–H groups in total. The molecule has 1 aliphatic heterocycles. The first kappa shape index (κ1) is 19.1. The predicted molar refractivity (Wildman–Crippen MR) is 108 cm³/mol. The summed E-state index contributed by atoms with van der Waals surface area (Å²) >= 11 is 0. The van der Waals surface area contributed by atoms with Crippen molar-refractivity contribution in [1.29, 1.82) is 0 Å². The summed E-state index contributed by atoms with van der Waals surface area (Å²) in [6.07, 6.45) is 1.56. The van der Waals surface area contributed by atoms with Crippen LogP contribution in [-0.4, -0.2) is 30.6 Å². The Bertz CT molecular complexity index is 806. The van der Waals surface area contributed by atoms with E-state index >= 15 is 0 Å². The zero-order chi connectivity index (χ0) is 19.4. The Morgan fingerprint density at radius 3 is 2.63 bits per heavy atom. The van der Waals surface area contributed by atoms with E-state index in [1.807, 2.05) is 47.4 Å². The highest BCUT2D eigenvalue weighted by atomic mass is 16.5. The van der Waals surface area contributed by atoms with Crippen LogP contribution in [0.1, 0.15) is 55.7 Å². The number of fused-ring (bicyclic) bond motifs is 1. The molecule has 2 aromatic rings. The minimum Gasteiger partial charge on any atom is -0.493 e. The monoisotopic (exact) mass is 368 g/mol. The normalized spacial score (nSPS) is 17.1. The van der Waals surface area contributed by atoms with Gasteiger partial charge in [0.2, 0.25) is 0 Å². The number of ether oxygens (including phenoxy) is 2. The summed E-state index contributed by atoms with van der Waals surface area (Å²) < 4.78 is 11.3. The second-order valence-corrected chi connectivity index (χ2v) is 6.82. The van der Waals surface area contributed by atoms with Gasteiger partial charge in [-0.05, 0) is 49.6 Å². The molecule has 144 valence electrons. The van der Waals surface area contributed by atoms with Crippen molar-refractivity contribution in [2.24, 2.45) is 0 Å². The Balaban J connectivity index is 2.01. The van der Waals surface area contributed by atoms with Gasteiger partial charge in [0, 0.05) is 11.7 Å². The van der Waals surface area contributed by atoms with Crippen LogP contribution < -0.4 is 14.8 Å². The maximum Gasteiger partial charge on any atom is 0.258 e. The second kappa shape index (κ2) is 8.33. The van der Waals surface area contributed by atoms with Crippen LogP contribution in [0.4, 0.5) is 5.69 Å². The molecule has 1 heterocycles. The molecule has 0 spiro atoms. The van der Waals surface area contributed by atoms with Crippen LogP contribution in [0.3, 0.4) is 0 Å². The summed E-state index contributed by atoms with van der Waals surface area (Å²) in [5.41, 5.74) is 2.54. The van der Waals surface area contributed by atoms with Gasteiger partial charge in [-0.2, -0.15) is 0 Å². The number of nitrogens with zero attached hydrogens (tertiary/aromatic N) is 1. The molecule has 0 bridgehead atoms. The lowest BCUT2D eigenvalue weighted by molar-refractivity contribution is 0.0593. The number of hydrogen-bond acceptors (Lipinski definition) is 4. The van der Waals surface area contributed by atoms with Gasteiger partial charge in [-0.3, -0.25) is 4.79 Å². The Morgan fingerprint density at radius 1 is 1.15 bits per heavy atom. The van der Waals surface area contributed by atoms with Crippen molar-refractivity contribution in [3.05, 3.63) is 53.6 Å². The first-order valence-electron chi connectivity index (χ1n) is 9.59. The van der Waals surface area contributed by atoms with E-state index in [1.54, 1.807) is 7.11 Å². The summed E-state index contributed by atoms with van der Waals surface area (Å²) in [5, 5.41) is 3.53. The molecule has 2 atom stereocenters. The van der Waals surface area contributed by atoms with E-state index in [0.29, 0.717) is 17.9 Å². The fourth-order valence-electron chi connectivity index (χ4n) is 3.35. The fraction of sp³-hybridized carbons (Fsp3) is 0.409. The quantitative estimate of drug-likeness (QED) is 0.759. The van der Waals surface area contributed by atoms with Crippen molar-refractivity contribution in [2.45, 2.75) is 45.8 Å². The van der Waals surface area contributed by atoms with Gasteiger partial charge in [-0.15, -0.1) is 0 Å². The molecule has 0 radical (unpaired) electrons. The van der Waals surface area contributed by atoms with Gasteiger partial charge >= 0.3 is 0 Å². The van der Waals surface area contributed by atoms with E-state index in [2.05, 4.69) is 26.1 Å². The van der Waals surface area contributed by atoms with Gasteiger partial charge in [-0.25, -0.2) is 0 Å². The minimum atomic E-state index is -0.253. The maximum atomic E-state index is 13.2. The highest BCUT2D eigenvalue weighted by Crippen LogP contribution is 2.38. The van der Waals surface area contributed by atoms with E-state index in [-0.39, 0.29) is 18.1 Å². The van der Waals surface area contributed by atoms with Gasteiger partial charge < -0.3 is 19.7 Å². The molecule has 0 saturated carbocycles. The topological polar surface area (TPSA) is 50.8 Å². The van der Waals surface area contributed by atoms with Crippen molar-refractivity contribution >= 4 is 11.6 Å². The van der Waals surface area contributed by atoms with Crippen molar-refractivity contribution in [2.75, 3.05) is 19.0 Å². The van der Waals surface area contributed by atoms with Gasteiger partial charge in [0.05, 0.1) is 19.3 Å². The average molecular weight is 368 g/mol. The molecule has 0 unspecified atom stereocenters. The number of nitrogens with one attached hydrogen (secondary N) is 1. The van der Waals surface area contributed by atoms with E-state index in [4.69, 9.17) is 9.47 Å². The van der Waals surface area contributed by atoms with Crippen LogP contribution in [0, 0.1) is 0 Å². The van der Waals surface area contributed by atoms with Crippen molar-refractivity contribution in [1.82, 2.24) is 4.90 Å². The van der Waals surface area contributed by atoms with E-state index in [9.17, 15) is 4.79 Å². The summed E-state index contributed by atoms with van der Waals surface area (Å²) in [6, 6.07) is 13.6. The lowest BCUT2D eigenvalue weighted by Gasteiger charge is -2.41. The number of methoxy groups -OCH3 is 1. The van der Waals surface area contributed by atoms with Crippen LogP contribution in [0.2, 0.25) is 0 Å². The third kappa shape index (κ3) is 3.72. The summed E-state index contributed by atoms with van der Waals surface area (Å²) in [7, 11) is 1.64. The third-order valence-corrected chi connectivity index (χ3v) is 4.99. The van der Waals surface area contributed by atoms with E-state index in [0.717, 1.165) is 29.8 Å². The number of amides is 1. The Morgan fingerprint density at radius 2 is 1.93 bits per heavy atom. The van der Waals surface area contributed by atoms with Crippen LogP contribution in [0.25, 0.3) is 0 Å². The largest absolute Gasteiger partial charge is 0.493 e. The molecule has 0 saturated heterocycles. The highest BCUT2D eigenvalue weighted by Gasteiger charge is 2.35. The third-order valence-electron chi connectivity index (χ3n) is 4.99. The zero-order valence-electron chi connectivity index (χ0n) is 16.5. The molecule has 0 aliphatic carbocycles. The molecule has 3 rings (SSSR count). The summed E-state index contributed by atoms with van der Waals surface area (Å²) in [6.45, 7) is 6.89. The number of anilines is 1. The molecule has 0 fully saturated rings. The summed E-state index contributed by atoms with van der Waals surface area (Å²) in [5.74, 6) is 1.45. The Hall–Kier alpha value is -2.69. The number of para-hydroxylation sites is 1. The molecule has 5 heteroatoms. The van der Waals surface area contributed by atoms with E-state index < -0.39 is 0 Å². The van der Waals surface area contributed by atoms with Crippen molar-refractivity contribution in [3.8, 4) is 11.5 Å². The van der Waals surface area contributed by atoms with Gasteiger partial charge in [0.25, 0.3) is 5.91 Å². The molecule has 2 aromatic carbocycles. The molecule has 0 aromatic heterocycles. The lowest BCUT2D eigenvalue weighted by atomic mass is 10.0. The predicted octanol–water partition coefficient (Wildman–Crippen LogP) is 4.85. The van der Waals surface area contributed by atoms with Crippen LogP contribution >= 0.6 is 0 Å². The second-order valence-electron chi connectivity index (χ2n) is 6.82. The minimum absolute atomic E-state index is 0.0500. The highest BCUT2D eigenvalue weighted by molar-refractivity contribution is 6.01. The number of hydrogen-bond donors (Lipinski definition) is 1. The van der Waals surface area contributed by atoms with Gasteiger partial charge in [-0.1, -0.05) is 32.0 Å². The van der Waals surface area contributed by atoms with E-state index in [1.165, 1.54) is 0 Å². The number of carbonyl (C=O) groups is 1. The van der Waals surface area contributed by atoms with Crippen molar-refractivity contribution < 1.29 is 14.3 Å². The molecular formula is C22H28N2O3. The number of carbonyl (C=O) groups excluding carboxylic acids is 1. The average Bonchev–Trinajstić information content (AvgIpc) is 2.71. The first-order chi connectivity index (χ1) is 13.1. The molecule has 1 amide bonds.